The number of rotatable bonds is 6. The number of aromatic nitrogens is 2. The molecule has 0 bridgehead atoms. The molecule has 1 aromatic heterocycles. The molecule has 2 fully saturated rings. The Labute approximate surface area is 131 Å². The quantitative estimate of drug-likeness (QED) is 0.722. The van der Waals surface area contributed by atoms with E-state index in [-0.39, 0.29) is 29.2 Å². The maximum atomic E-state index is 11.8. The second-order valence-electron chi connectivity index (χ2n) is 5.25. The van der Waals surface area contributed by atoms with Crippen molar-refractivity contribution in [2.24, 2.45) is 0 Å². The Hall–Kier alpha value is -0.870. The summed E-state index contributed by atoms with van der Waals surface area (Å²) < 4.78 is 23.4. The zero-order chi connectivity index (χ0) is 14.9. The molecule has 1 aliphatic heterocycles. The van der Waals surface area contributed by atoms with Crippen molar-refractivity contribution in [2.45, 2.75) is 35.7 Å². The summed E-state index contributed by atoms with van der Waals surface area (Å²) in [6.45, 7) is 0. The van der Waals surface area contributed by atoms with E-state index >= 15 is 0 Å². The third kappa shape index (κ3) is 4.55. The van der Waals surface area contributed by atoms with Crippen molar-refractivity contribution < 1.29 is 13.2 Å². The maximum Gasteiger partial charge on any atom is 0.230 e. The van der Waals surface area contributed by atoms with Gasteiger partial charge in [-0.1, -0.05) is 23.1 Å². The first-order chi connectivity index (χ1) is 10.00. The first-order valence-electron chi connectivity index (χ1n) is 6.73. The lowest BCUT2D eigenvalue weighted by atomic mass is 10.3. The van der Waals surface area contributed by atoms with E-state index in [2.05, 4.69) is 20.8 Å². The molecular weight excluding hydrogens is 332 g/mol. The van der Waals surface area contributed by atoms with Crippen molar-refractivity contribution >= 4 is 44.0 Å². The summed E-state index contributed by atoms with van der Waals surface area (Å²) in [6.07, 6.45) is 2.86. The van der Waals surface area contributed by atoms with Gasteiger partial charge >= 0.3 is 0 Å². The molecule has 0 aromatic carbocycles. The SMILES string of the molecule is O=C(CSc1nnc(NC2CC2)s1)N[C@@H]1CCS(=O)(=O)C1. The van der Waals surface area contributed by atoms with Crippen molar-refractivity contribution in [1.82, 2.24) is 15.5 Å². The molecule has 116 valence electrons. The highest BCUT2D eigenvalue weighted by Crippen LogP contribution is 2.30. The molecule has 0 spiro atoms. The van der Waals surface area contributed by atoms with Crippen LogP contribution in [0.1, 0.15) is 19.3 Å². The van der Waals surface area contributed by atoms with E-state index in [1.54, 1.807) is 0 Å². The van der Waals surface area contributed by atoms with Crippen LogP contribution in [-0.4, -0.2) is 53.9 Å². The lowest BCUT2D eigenvalue weighted by Gasteiger charge is -2.09. The van der Waals surface area contributed by atoms with Crippen molar-refractivity contribution in [3.63, 3.8) is 0 Å². The minimum atomic E-state index is -2.96. The monoisotopic (exact) mass is 348 g/mol. The van der Waals surface area contributed by atoms with Gasteiger partial charge in [0.2, 0.25) is 11.0 Å². The van der Waals surface area contributed by atoms with Crippen LogP contribution in [-0.2, 0) is 14.6 Å². The summed E-state index contributed by atoms with van der Waals surface area (Å²) >= 11 is 2.76. The van der Waals surface area contributed by atoms with Gasteiger partial charge in [-0.15, -0.1) is 10.2 Å². The first kappa shape index (κ1) is 15.0. The summed E-state index contributed by atoms with van der Waals surface area (Å²) in [4.78, 5) is 11.8. The number of carbonyl (C=O) groups excluding carboxylic acids is 1. The predicted octanol–water partition coefficient (Wildman–Crippen LogP) is 0.508. The molecule has 0 radical (unpaired) electrons. The molecule has 1 aliphatic carbocycles. The van der Waals surface area contributed by atoms with Gasteiger partial charge in [-0.25, -0.2) is 8.42 Å². The van der Waals surface area contributed by atoms with Crippen molar-refractivity contribution in [2.75, 3.05) is 22.6 Å². The number of anilines is 1. The fourth-order valence-corrected chi connectivity index (χ4v) is 5.35. The lowest BCUT2D eigenvalue weighted by Crippen LogP contribution is -2.36. The van der Waals surface area contributed by atoms with Crippen LogP contribution in [0.2, 0.25) is 0 Å². The van der Waals surface area contributed by atoms with Gasteiger partial charge in [0.1, 0.15) is 0 Å². The highest BCUT2D eigenvalue weighted by Gasteiger charge is 2.29. The van der Waals surface area contributed by atoms with Crippen LogP contribution < -0.4 is 10.6 Å². The Morgan fingerprint density at radius 2 is 2.10 bits per heavy atom. The van der Waals surface area contributed by atoms with E-state index in [4.69, 9.17) is 0 Å². The standard InChI is InChI=1S/C11H16N4O3S3/c16-9(12-8-3-4-21(17,18)6-8)5-19-11-15-14-10(20-11)13-7-1-2-7/h7-8H,1-6H2,(H,12,16)(H,13,14)/t8-/m1/s1. The topological polar surface area (TPSA) is 101 Å². The second kappa shape index (κ2) is 6.09. The molecule has 2 aliphatic rings. The van der Waals surface area contributed by atoms with Crippen molar-refractivity contribution in [1.29, 1.82) is 0 Å². The molecule has 1 saturated heterocycles. The third-order valence-corrected chi connectivity index (χ3v) is 6.99. The zero-order valence-corrected chi connectivity index (χ0v) is 13.7. The Balaban J connectivity index is 1.42. The molecule has 3 rings (SSSR count). The van der Waals surface area contributed by atoms with Crippen LogP contribution in [0.5, 0.6) is 0 Å². The molecule has 1 aromatic rings. The number of nitrogens with zero attached hydrogens (tertiary/aromatic N) is 2. The Morgan fingerprint density at radius 3 is 2.76 bits per heavy atom. The van der Waals surface area contributed by atoms with Gasteiger partial charge in [0.25, 0.3) is 0 Å². The molecule has 1 amide bonds. The van der Waals surface area contributed by atoms with Crippen LogP contribution in [0.15, 0.2) is 4.34 Å². The summed E-state index contributed by atoms with van der Waals surface area (Å²) in [5.74, 6) is 0.290. The normalized spacial score (nSPS) is 23.9. The van der Waals surface area contributed by atoms with Crippen LogP contribution in [0.4, 0.5) is 5.13 Å². The van der Waals surface area contributed by atoms with Gasteiger partial charge in [-0.2, -0.15) is 0 Å². The minimum absolute atomic E-state index is 0.0532. The molecule has 2 N–H and O–H groups in total. The summed E-state index contributed by atoms with van der Waals surface area (Å²) in [5, 5.41) is 14.8. The highest BCUT2D eigenvalue weighted by molar-refractivity contribution is 8.01. The maximum absolute atomic E-state index is 11.8. The van der Waals surface area contributed by atoms with E-state index in [9.17, 15) is 13.2 Å². The summed E-state index contributed by atoms with van der Waals surface area (Å²) in [6, 6.07) is 0.285. The molecule has 0 unspecified atom stereocenters. The van der Waals surface area contributed by atoms with E-state index in [0.717, 1.165) is 9.47 Å². The van der Waals surface area contributed by atoms with Gasteiger partial charge in [0, 0.05) is 12.1 Å². The number of sulfone groups is 1. The molecule has 1 saturated carbocycles. The fraction of sp³-hybridized carbons (Fsp3) is 0.727. The zero-order valence-electron chi connectivity index (χ0n) is 11.2. The largest absolute Gasteiger partial charge is 0.357 e. The van der Waals surface area contributed by atoms with E-state index < -0.39 is 9.84 Å². The van der Waals surface area contributed by atoms with Gasteiger partial charge in [0.05, 0.1) is 17.3 Å². The Bertz CT molecular complexity index is 626. The van der Waals surface area contributed by atoms with Crippen LogP contribution in [0.25, 0.3) is 0 Å². The van der Waals surface area contributed by atoms with Gasteiger partial charge < -0.3 is 10.6 Å². The first-order valence-corrected chi connectivity index (χ1v) is 10.4. The van der Waals surface area contributed by atoms with E-state index in [1.165, 1.54) is 35.9 Å². The molecule has 10 heteroatoms. The molecule has 2 heterocycles. The number of carbonyl (C=O) groups is 1. The molecular formula is C11H16N4O3S3. The highest BCUT2D eigenvalue weighted by atomic mass is 32.2. The Morgan fingerprint density at radius 1 is 1.29 bits per heavy atom. The summed E-state index contributed by atoms with van der Waals surface area (Å²) in [5.41, 5.74) is 0. The van der Waals surface area contributed by atoms with Crippen LogP contribution >= 0.6 is 23.1 Å². The molecule has 7 nitrogen and oxygen atoms in total. The minimum Gasteiger partial charge on any atom is -0.357 e. The number of thioether (sulfide) groups is 1. The summed E-state index contributed by atoms with van der Waals surface area (Å²) in [7, 11) is -2.96. The number of nitrogens with one attached hydrogen (secondary N) is 2. The lowest BCUT2D eigenvalue weighted by molar-refractivity contribution is -0.119. The average Bonchev–Trinajstić information content (AvgIpc) is 2.99. The number of hydrogen-bond acceptors (Lipinski definition) is 8. The number of amides is 1. The van der Waals surface area contributed by atoms with Gasteiger partial charge in [-0.05, 0) is 19.3 Å². The number of hydrogen-bond donors (Lipinski definition) is 2. The molecule has 1 atom stereocenters. The van der Waals surface area contributed by atoms with Gasteiger partial charge in [0.15, 0.2) is 14.2 Å². The van der Waals surface area contributed by atoms with E-state index in [0.29, 0.717) is 12.5 Å². The fourth-order valence-electron chi connectivity index (χ4n) is 2.03. The smallest absolute Gasteiger partial charge is 0.230 e. The van der Waals surface area contributed by atoms with Gasteiger partial charge in [-0.3, -0.25) is 4.79 Å². The Kier molecular flexibility index (Phi) is 4.36. The molecule has 21 heavy (non-hydrogen) atoms. The average molecular weight is 348 g/mol. The third-order valence-electron chi connectivity index (χ3n) is 3.24. The van der Waals surface area contributed by atoms with Crippen LogP contribution in [0, 0.1) is 0 Å². The predicted molar refractivity (Wildman–Crippen MR) is 82.5 cm³/mol. The second-order valence-corrected chi connectivity index (χ2v) is 9.68. The van der Waals surface area contributed by atoms with Crippen molar-refractivity contribution in [3.05, 3.63) is 0 Å². The van der Waals surface area contributed by atoms with E-state index in [1.807, 2.05) is 0 Å². The van der Waals surface area contributed by atoms with Crippen molar-refractivity contribution in [3.8, 4) is 0 Å². The van der Waals surface area contributed by atoms with Crippen LogP contribution in [0.3, 0.4) is 0 Å².